The lowest BCUT2D eigenvalue weighted by Gasteiger charge is -2.36. The summed E-state index contributed by atoms with van der Waals surface area (Å²) in [5.41, 5.74) is -1.33. The van der Waals surface area contributed by atoms with Gasteiger partial charge < -0.3 is 5.11 Å². The molecule has 3 N–H and O–H groups in total. The predicted octanol–water partition coefficient (Wildman–Crippen LogP) is 0.606. The van der Waals surface area contributed by atoms with Crippen molar-refractivity contribution < 1.29 is 18.3 Å². The van der Waals surface area contributed by atoms with Crippen molar-refractivity contribution in [1.82, 2.24) is 9.44 Å². The van der Waals surface area contributed by atoms with E-state index >= 15 is 0 Å². The third-order valence-corrected chi connectivity index (χ3v) is 4.94. The van der Waals surface area contributed by atoms with Gasteiger partial charge in [0.1, 0.15) is 5.54 Å². The first-order chi connectivity index (χ1) is 8.33. The number of hydrogen-bond donors (Lipinski definition) is 3. The largest absolute Gasteiger partial charge is 0.480 e. The molecule has 0 amide bonds. The summed E-state index contributed by atoms with van der Waals surface area (Å²) in [6.45, 7) is 1.96. The summed E-state index contributed by atoms with van der Waals surface area (Å²) < 4.78 is 28.6. The van der Waals surface area contributed by atoms with Gasteiger partial charge in [-0.05, 0) is 31.6 Å². The van der Waals surface area contributed by atoms with Crippen molar-refractivity contribution in [3.05, 3.63) is 0 Å². The number of carboxylic acids is 1. The molecule has 104 valence electrons. The Kier molecular flexibility index (Phi) is 3.66. The Bertz CT molecular complexity index is 432. The van der Waals surface area contributed by atoms with Crippen LogP contribution in [0.4, 0.5) is 0 Å². The lowest BCUT2D eigenvalue weighted by atomic mass is 9.77. The monoisotopic (exact) mass is 276 g/mol. The summed E-state index contributed by atoms with van der Waals surface area (Å²) in [4.78, 5) is 11.4. The maximum Gasteiger partial charge on any atom is 0.324 e. The zero-order valence-corrected chi connectivity index (χ0v) is 11.3. The van der Waals surface area contributed by atoms with E-state index in [-0.39, 0.29) is 12.0 Å². The van der Waals surface area contributed by atoms with E-state index in [1.165, 1.54) is 0 Å². The fourth-order valence-corrected chi connectivity index (χ4v) is 4.11. The molecule has 0 spiro atoms. The van der Waals surface area contributed by atoms with Crippen LogP contribution in [0.15, 0.2) is 0 Å². The van der Waals surface area contributed by atoms with Gasteiger partial charge in [0, 0.05) is 6.04 Å². The first-order valence-electron chi connectivity index (χ1n) is 6.38. The summed E-state index contributed by atoms with van der Waals surface area (Å²) in [5, 5.41) is 9.36. The highest BCUT2D eigenvalue weighted by molar-refractivity contribution is 7.87. The van der Waals surface area contributed by atoms with Gasteiger partial charge in [-0.3, -0.25) is 4.79 Å². The first-order valence-corrected chi connectivity index (χ1v) is 7.86. The quantitative estimate of drug-likeness (QED) is 0.685. The number of aliphatic carboxylic acids is 1. The van der Waals surface area contributed by atoms with E-state index in [2.05, 4.69) is 9.44 Å². The molecule has 2 rings (SSSR count). The van der Waals surface area contributed by atoms with Gasteiger partial charge in [-0.1, -0.05) is 19.8 Å². The van der Waals surface area contributed by atoms with Crippen LogP contribution in [0.3, 0.4) is 0 Å². The highest BCUT2D eigenvalue weighted by Gasteiger charge is 2.45. The fourth-order valence-electron chi connectivity index (χ4n) is 2.59. The molecular formula is C11H20N2O4S. The second-order valence-corrected chi connectivity index (χ2v) is 7.03. The van der Waals surface area contributed by atoms with Crippen LogP contribution >= 0.6 is 0 Å². The van der Waals surface area contributed by atoms with Crippen LogP contribution in [0.1, 0.15) is 45.4 Å². The predicted molar refractivity (Wildman–Crippen MR) is 66.2 cm³/mol. The summed E-state index contributed by atoms with van der Waals surface area (Å²) >= 11 is 0. The maximum atomic E-state index is 11.9. The van der Waals surface area contributed by atoms with Crippen LogP contribution in [0, 0.1) is 5.92 Å². The van der Waals surface area contributed by atoms with E-state index in [0.29, 0.717) is 12.8 Å². The topological polar surface area (TPSA) is 95.5 Å². The fraction of sp³-hybridized carbons (Fsp3) is 0.909. The molecule has 0 saturated heterocycles. The molecule has 2 aliphatic rings. The minimum atomic E-state index is -3.73. The molecule has 0 aliphatic heterocycles. The van der Waals surface area contributed by atoms with E-state index in [0.717, 1.165) is 25.7 Å². The summed E-state index contributed by atoms with van der Waals surface area (Å²) in [6, 6.07) is -0.0191. The van der Waals surface area contributed by atoms with Crippen molar-refractivity contribution >= 4 is 16.2 Å². The van der Waals surface area contributed by atoms with E-state index in [1.54, 1.807) is 0 Å². The highest BCUT2D eigenvalue weighted by atomic mass is 32.2. The highest BCUT2D eigenvalue weighted by Crippen LogP contribution is 2.33. The van der Waals surface area contributed by atoms with E-state index < -0.39 is 21.7 Å². The normalized spacial score (nSPS) is 33.3. The van der Waals surface area contributed by atoms with Gasteiger partial charge in [0.05, 0.1) is 0 Å². The van der Waals surface area contributed by atoms with Gasteiger partial charge in [-0.15, -0.1) is 0 Å². The molecule has 18 heavy (non-hydrogen) atoms. The second kappa shape index (κ2) is 4.79. The third kappa shape index (κ3) is 3.21. The zero-order chi connectivity index (χ0) is 13.4. The van der Waals surface area contributed by atoms with Crippen LogP contribution in [-0.4, -0.2) is 31.1 Å². The van der Waals surface area contributed by atoms with Gasteiger partial charge >= 0.3 is 5.97 Å². The third-order valence-electron chi connectivity index (χ3n) is 3.64. The Labute approximate surface area is 107 Å². The Morgan fingerprint density at radius 3 is 2.50 bits per heavy atom. The van der Waals surface area contributed by atoms with Crippen LogP contribution in [0.2, 0.25) is 0 Å². The maximum absolute atomic E-state index is 11.9. The van der Waals surface area contributed by atoms with E-state index in [4.69, 9.17) is 0 Å². The molecule has 7 heteroatoms. The van der Waals surface area contributed by atoms with Crippen LogP contribution in [0.5, 0.6) is 0 Å². The smallest absolute Gasteiger partial charge is 0.324 e. The lowest BCUT2D eigenvalue weighted by Crippen LogP contribution is -2.59. The molecule has 6 nitrogen and oxygen atoms in total. The Morgan fingerprint density at radius 2 is 2.00 bits per heavy atom. The minimum Gasteiger partial charge on any atom is -0.480 e. The average molecular weight is 276 g/mol. The number of rotatable bonds is 5. The molecular weight excluding hydrogens is 256 g/mol. The van der Waals surface area contributed by atoms with Crippen molar-refractivity contribution in [3.8, 4) is 0 Å². The number of nitrogens with one attached hydrogen (secondary N) is 2. The van der Waals surface area contributed by atoms with Crippen LogP contribution in [0.25, 0.3) is 0 Å². The van der Waals surface area contributed by atoms with Gasteiger partial charge in [-0.25, -0.2) is 0 Å². The first kappa shape index (κ1) is 13.8. The Morgan fingerprint density at radius 1 is 1.33 bits per heavy atom. The standard InChI is InChI=1S/C11H20N2O4S/c1-8-3-2-6-11(7-8,10(14)15)13-18(16,17)12-9-4-5-9/h8-9,12-13H,2-7H2,1H3,(H,14,15). The molecule has 2 saturated carbocycles. The summed E-state index contributed by atoms with van der Waals surface area (Å²) in [5.74, 6) is -0.853. The van der Waals surface area contributed by atoms with Gasteiger partial charge in [0.15, 0.2) is 0 Å². The van der Waals surface area contributed by atoms with Crippen molar-refractivity contribution in [1.29, 1.82) is 0 Å². The minimum absolute atomic E-state index is 0.0191. The Balaban J connectivity index is 2.12. The van der Waals surface area contributed by atoms with E-state index in [1.807, 2.05) is 6.92 Å². The number of carboxylic acid groups (broad SMARTS) is 1. The van der Waals surface area contributed by atoms with Gasteiger partial charge in [0.2, 0.25) is 0 Å². The van der Waals surface area contributed by atoms with Crippen molar-refractivity contribution in [3.63, 3.8) is 0 Å². The molecule has 2 fully saturated rings. The molecule has 2 unspecified atom stereocenters. The summed E-state index contributed by atoms with van der Waals surface area (Å²) in [6.07, 6.45) is 4.06. The number of hydrogen-bond acceptors (Lipinski definition) is 3. The molecule has 0 radical (unpaired) electrons. The van der Waals surface area contributed by atoms with Crippen LogP contribution in [-0.2, 0) is 15.0 Å². The van der Waals surface area contributed by atoms with Crippen molar-refractivity contribution in [2.75, 3.05) is 0 Å². The number of carbonyl (C=O) groups is 1. The lowest BCUT2D eigenvalue weighted by molar-refractivity contribution is -0.146. The van der Waals surface area contributed by atoms with Crippen molar-refractivity contribution in [2.45, 2.75) is 57.0 Å². The van der Waals surface area contributed by atoms with E-state index in [9.17, 15) is 18.3 Å². The molecule has 2 atom stereocenters. The molecule has 0 aromatic rings. The molecule has 0 heterocycles. The molecule has 2 aliphatic carbocycles. The molecule has 0 bridgehead atoms. The Hall–Kier alpha value is -0.660. The van der Waals surface area contributed by atoms with Gasteiger partial charge in [-0.2, -0.15) is 17.9 Å². The zero-order valence-electron chi connectivity index (χ0n) is 10.5. The summed E-state index contributed by atoms with van der Waals surface area (Å²) in [7, 11) is -3.73. The molecule has 0 aromatic carbocycles. The van der Waals surface area contributed by atoms with Crippen molar-refractivity contribution in [2.24, 2.45) is 5.92 Å². The van der Waals surface area contributed by atoms with Gasteiger partial charge in [0.25, 0.3) is 10.2 Å². The second-order valence-electron chi connectivity index (χ2n) is 5.59. The SMILES string of the molecule is CC1CCCC(NS(=O)(=O)NC2CC2)(C(=O)O)C1. The average Bonchev–Trinajstić information content (AvgIpc) is 2.99. The molecule has 0 aromatic heterocycles. The van der Waals surface area contributed by atoms with Crippen LogP contribution < -0.4 is 9.44 Å².